The number of carbonyl (C=O) groups excluding carboxylic acids is 2. The van der Waals surface area contributed by atoms with Gasteiger partial charge in [0.2, 0.25) is 5.91 Å². The average Bonchev–Trinajstić information content (AvgIpc) is 3.58. The smallest absolute Gasteiger partial charge is 0.277 e. The molecule has 5 rings (SSSR count). The number of likely N-dealkylation sites (tertiary alicyclic amines) is 1. The summed E-state index contributed by atoms with van der Waals surface area (Å²) in [5, 5.41) is 17.8. The van der Waals surface area contributed by atoms with E-state index in [1.54, 1.807) is 42.5 Å². The largest absolute Gasteiger partial charge is 0.391 e. The van der Waals surface area contributed by atoms with Gasteiger partial charge in [-0.2, -0.15) is 4.99 Å². The monoisotopic (exact) mass is 531 g/mol. The first-order chi connectivity index (χ1) is 18.5. The summed E-state index contributed by atoms with van der Waals surface area (Å²) in [6.45, 7) is 7.56. The van der Waals surface area contributed by atoms with Gasteiger partial charge in [0.1, 0.15) is 23.1 Å². The van der Waals surface area contributed by atoms with Gasteiger partial charge in [-0.3, -0.25) is 14.4 Å². The Kier molecular flexibility index (Phi) is 6.76. The molecule has 4 atom stereocenters. The number of β-amino-alcohol motifs (C(OH)–C–C–N with tert-alkyl or cyclic N) is 1. The van der Waals surface area contributed by atoms with E-state index in [0.717, 1.165) is 11.3 Å². The van der Waals surface area contributed by atoms with Crippen LogP contribution in [-0.2, 0) is 22.2 Å². The Balaban J connectivity index is 1.40. The first-order valence-corrected chi connectivity index (χ1v) is 13.1. The van der Waals surface area contributed by atoms with E-state index in [-0.39, 0.29) is 36.3 Å². The molecule has 204 valence electrons. The van der Waals surface area contributed by atoms with Crippen molar-refractivity contribution in [1.82, 2.24) is 19.9 Å². The quantitative estimate of drug-likeness (QED) is 0.500. The van der Waals surface area contributed by atoms with Crippen molar-refractivity contribution in [2.75, 3.05) is 6.54 Å². The number of benzene rings is 1. The SMILES string of the molecule is Cc1cc(C(C(=O)N2C[C@H](O)C[C@H]2C2=NC(=O)C(C)(c3ccc(-c4cccc(=O)n4C)cc3)N2)C(C)C)on1. The van der Waals surface area contributed by atoms with Crippen LogP contribution in [-0.4, -0.2) is 56.1 Å². The number of hydrogen-bond donors (Lipinski definition) is 2. The Morgan fingerprint density at radius 1 is 1.18 bits per heavy atom. The maximum Gasteiger partial charge on any atom is 0.277 e. The number of amidine groups is 1. The summed E-state index contributed by atoms with van der Waals surface area (Å²) in [7, 11) is 1.71. The van der Waals surface area contributed by atoms with Crippen LogP contribution in [0, 0.1) is 12.8 Å². The highest BCUT2D eigenvalue weighted by molar-refractivity contribution is 6.09. The minimum absolute atomic E-state index is 0.0729. The molecule has 1 saturated heterocycles. The lowest BCUT2D eigenvalue weighted by Crippen LogP contribution is -2.51. The second-order valence-electron chi connectivity index (χ2n) is 10.9. The molecule has 2 amide bonds. The topological polar surface area (TPSA) is 130 Å². The Morgan fingerprint density at radius 3 is 2.54 bits per heavy atom. The van der Waals surface area contributed by atoms with Gasteiger partial charge in [0.25, 0.3) is 11.5 Å². The second-order valence-corrected chi connectivity index (χ2v) is 10.9. The molecule has 0 spiro atoms. The minimum Gasteiger partial charge on any atom is -0.391 e. The van der Waals surface area contributed by atoms with Crippen molar-refractivity contribution in [3.05, 3.63) is 75.9 Å². The number of nitrogens with zero attached hydrogens (tertiary/aromatic N) is 4. The molecule has 1 fully saturated rings. The predicted octanol–water partition coefficient (Wildman–Crippen LogP) is 2.49. The number of amides is 2. The number of aliphatic imine (C=N–C) groups is 1. The third-order valence-electron chi connectivity index (χ3n) is 7.73. The number of carbonyl (C=O) groups is 2. The number of pyridine rings is 1. The van der Waals surface area contributed by atoms with Crippen molar-refractivity contribution >= 4 is 17.6 Å². The van der Waals surface area contributed by atoms with Crippen molar-refractivity contribution in [2.24, 2.45) is 18.0 Å². The zero-order valence-electron chi connectivity index (χ0n) is 22.7. The average molecular weight is 532 g/mol. The number of aliphatic hydroxyl groups is 1. The van der Waals surface area contributed by atoms with Gasteiger partial charge < -0.3 is 24.4 Å². The molecule has 2 N–H and O–H groups in total. The van der Waals surface area contributed by atoms with Gasteiger partial charge in [0.15, 0.2) is 0 Å². The number of aromatic nitrogens is 2. The summed E-state index contributed by atoms with van der Waals surface area (Å²) in [5.74, 6) is -0.395. The van der Waals surface area contributed by atoms with Gasteiger partial charge in [0.05, 0.1) is 23.5 Å². The summed E-state index contributed by atoms with van der Waals surface area (Å²) in [6, 6.07) is 13.7. The van der Waals surface area contributed by atoms with E-state index in [9.17, 15) is 19.5 Å². The van der Waals surface area contributed by atoms with Gasteiger partial charge >= 0.3 is 0 Å². The fourth-order valence-electron chi connectivity index (χ4n) is 5.50. The highest BCUT2D eigenvalue weighted by Crippen LogP contribution is 2.34. The van der Waals surface area contributed by atoms with Gasteiger partial charge in [-0.05, 0) is 37.0 Å². The normalized spacial score (nSPS) is 23.7. The molecule has 10 nitrogen and oxygen atoms in total. The summed E-state index contributed by atoms with van der Waals surface area (Å²) >= 11 is 0. The minimum atomic E-state index is -1.14. The summed E-state index contributed by atoms with van der Waals surface area (Å²) in [4.78, 5) is 45.0. The van der Waals surface area contributed by atoms with E-state index >= 15 is 0 Å². The maximum absolute atomic E-state index is 13.8. The molecule has 0 aliphatic carbocycles. The maximum atomic E-state index is 13.8. The van der Waals surface area contributed by atoms with E-state index in [4.69, 9.17) is 4.52 Å². The zero-order chi connectivity index (χ0) is 28.1. The van der Waals surface area contributed by atoms with Crippen LogP contribution in [0.5, 0.6) is 0 Å². The molecule has 0 bridgehead atoms. The third-order valence-corrected chi connectivity index (χ3v) is 7.73. The van der Waals surface area contributed by atoms with E-state index in [1.165, 1.54) is 6.07 Å². The van der Waals surface area contributed by atoms with Crippen molar-refractivity contribution in [1.29, 1.82) is 0 Å². The van der Waals surface area contributed by atoms with Gasteiger partial charge in [-0.1, -0.05) is 49.3 Å². The van der Waals surface area contributed by atoms with E-state index in [2.05, 4.69) is 15.5 Å². The van der Waals surface area contributed by atoms with Crippen LogP contribution in [0.15, 0.2) is 62.8 Å². The second kappa shape index (κ2) is 9.92. The van der Waals surface area contributed by atoms with Crippen LogP contribution >= 0.6 is 0 Å². The highest BCUT2D eigenvalue weighted by atomic mass is 16.5. The number of aliphatic hydroxyl groups excluding tert-OH is 1. The molecule has 4 heterocycles. The number of rotatable bonds is 6. The van der Waals surface area contributed by atoms with Crippen molar-refractivity contribution in [2.45, 2.75) is 57.7 Å². The van der Waals surface area contributed by atoms with Crippen LogP contribution in [0.1, 0.15) is 50.1 Å². The molecule has 2 aromatic heterocycles. The number of nitrogens with one attached hydrogen (secondary N) is 1. The Labute approximate surface area is 226 Å². The van der Waals surface area contributed by atoms with Crippen LogP contribution in [0.4, 0.5) is 0 Å². The first kappa shape index (κ1) is 26.6. The predicted molar refractivity (Wildman–Crippen MR) is 145 cm³/mol. The molecule has 2 unspecified atom stereocenters. The fourth-order valence-corrected chi connectivity index (χ4v) is 5.50. The van der Waals surface area contributed by atoms with Crippen molar-refractivity contribution in [3.63, 3.8) is 0 Å². The molecular formula is C29H33N5O5. The Hall–Kier alpha value is -4.05. The lowest BCUT2D eigenvalue weighted by molar-refractivity contribution is -0.134. The van der Waals surface area contributed by atoms with Crippen LogP contribution in [0.2, 0.25) is 0 Å². The van der Waals surface area contributed by atoms with Crippen molar-refractivity contribution in [3.8, 4) is 11.3 Å². The molecule has 10 heteroatoms. The van der Waals surface area contributed by atoms with Crippen molar-refractivity contribution < 1.29 is 19.2 Å². The summed E-state index contributed by atoms with van der Waals surface area (Å²) in [5.41, 5.74) is 1.74. The molecule has 1 aromatic carbocycles. The Bertz CT molecular complexity index is 1500. The number of aryl methyl sites for hydroxylation is 1. The molecule has 2 aliphatic heterocycles. The number of hydrogen-bond acceptors (Lipinski definition) is 7. The van der Waals surface area contributed by atoms with Crippen LogP contribution < -0.4 is 10.9 Å². The molecule has 39 heavy (non-hydrogen) atoms. The molecule has 3 aromatic rings. The zero-order valence-corrected chi connectivity index (χ0v) is 22.7. The standard InChI is InChI=1S/C29H33N5O5/c1-16(2)25(23-13-17(3)32-39-23)27(37)34-15-20(35)14-22(34)26-30-28(38)29(4,31-26)19-11-9-18(10-12-19)21-7-6-8-24(36)33(21)5/h6-13,16,20,22,25,35H,14-15H2,1-5H3,(H,30,31,38)/t20-,22+,25?,29?/m1/s1. The first-order valence-electron chi connectivity index (χ1n) is 13.1. The van der Waals surface area contributed by atoms with Crippen LogP contribution in [0.3, 0.4) is 0 Å². The fraction of sp³-hybridized carbons (Fsp3) is 0.414. The molecule has 0 saturated carbocycles. The van der Waals surface area contributed by atoms with Crippen LogP contribution in [0.25, 0.3) is 11.3 Å². The van der Waals surface area contributed by atoms with Gasteiger partial charge in [-0.25, -0.2) is 0 Å². The lowest BCUT2D eigenvalue weighted by atomic mass is 9.90. The van der Waals surface area contributed by atoms with E-state index in [1.807, 2.05) is 44.2 Å². The highest BCUT2D eigenvalue weighted by Gasteiger charge is 2.48. The van der Waals surface area contributed by atoms with E-state index in [0.29, 0.717) is 22.9 Å². The Morgan fingerprint density at radius 2 is 1.90 bits per heavy atom. The van der Waals surface area contributed by atoms with Gasteiger partial charge in [0, 0.05) is 32.1 Å². The third kappa shape index (κ3) is 4.69. The molecular weight excluding hydrogens is 498 g/mol. The van der Waals surface area contributed by atoms with E-state index < -0.39 is 23.6 Å². The summed E-state index contributed by atoms with van der Waals surface area (Å²) in [6.07, 6.45) is -0.478. The molecule has 2 aliphatic rings. The van der Waals surface area contributed by atoms with Gasteiger partial charge in [-0.15, -0.1) is 0 Å². The summed E-state index contributed by atoms with van der Waals surface area (Å²) < 4.78 is 7.01. The lowest BCUT2D eigenvalue weighted by Gasteiger charge is -2.31. The molecule has 0 radical (unpaired) electrons.